The Hall–Kier alpha value is -1.19. The van der Waals surface area contributed by atoms with Crippen molar-refractivity contribution in [1.82, 2.24) is 0 Å². The van der Waals surface area contributed by atoms with Gasteiger partial charge in [0, 0.05) is 10.5 Å². The second-order valence-corrected chi connectivity index (χ2v) is 6.46. The molecule has 1 aliphatic rings. The molecule has 0 spiro atoms. The van der Waals surface area contributed by atoms with E-state index >= 15 is 0 Å². The lowest BCUT2D eigenvalue weighted by molar-refractivity contribution is 0.431. The van der Waals surface area contributed by atoms with Gasteiger partial charge < -0.3 is 5.73 Å². The van der Waals surface area contributed by atoms with Crippen molar-refractivity contribution in [2.75, 3.05) is 0 Å². The van der Waals surface area contributed by atoms with Crippen molar-refractivity contribution in [2.45, 2.75) is 25.3 Å². The minimum atomic E-state index is -0.167. The molecule has 104 valence electrons. The molecule has 2 aromatic carbocycles. The Morgan fingerprint density at radius 3 is 2.45 bits per heavy atom. The van der Waals surface area contributed by atoms with Crippen LogP contribution in [0.4, 0.5) is 4.39 Å². The third-order valence-corrected chi connectivity index (χ3v) is 4.64. The third-order valence-electron chi connectivity index (χ3n) is 4.15. The molecule has 3 rings (SSSR count). The highest BCUT2D eigenvalue weighted by molar-refractivity contribution is 9.10. The fourth-order valence-corrected chi connectivity index (χ4v) is 3.42. The Kier molecular flexibility index (Phi) is 3.90. The van der Waals surface area contributed by atoms with Gasteiger partial charge in [0.15, 0.2) is 0 Å². The van der Waals surface area contributed by atoms with Gasteiger partial charge >= 0.3 is 0 Å². The number of rotatable bonds is 3. The van der Waals surface area contributed by atoms with Gasteiger partial charge in [0.2, 0.25) is 0 Å². The van der Waals surface area contributed by atoms with Gasteiger partial charge in [-0.3, -0.25) is 0 Å². The van der Waals surface area contributed by atoms with Crippen molar-refractivity contribution in [3.05, 3.63) is 69.4 Å². The van der Waals surface area contributed by atoms with E-state index in [0.29, 0.717) is 17.9 Å². The smallest absolute Gasteiger partial charge is 0.126 e. The Morgan fingerprint density at radius 1 is 1.15 bits per heavy atom. The van der Waals surface area contributed by atoms with E-state index in [-0.39, 0.29) is 11.9 Å². The molecule has 1 unspecified atom stereocenters. The first kappa shape index (κ1) is 13.8. The quantitative estimate of drug-likeness (QED) is 0.906. The number of hydrogen-bond acceptors (Lipinski definition) is 1. The minimum Gasteiger partial charge on any atom is -0.327 e. The molecule has 0 aromatic heterocycles. The van der Waals surface area contributed by atoms with Crippen LogP contribution in [0, 0.1) is 11.7 Å². The summed E-state index contributed by atoms with van der Waals surface area (Å²) >= 11 is 3.39. The van der Waals surface area contributed by atoms with Crippen molar-refractivity contribution >= 4 is 15.9 Å². The molecule has 1 atom stereocenters. The fourth-order valence-electron chi connectivity index (χ4n) is 3.02. The Balaban J connectivity index is 1.72. The Labute approximate surface area is 127 Å². The molecule has 0 radical (unpaired) electrons. The van der Waals surface area contributed by atoms with E-state index in [0.717, 1.165) is 17.3 Å². The van der Waals surface area contributed by atoms with Crippen LogP contribution in [0.2, 0.25) is 0 Å². The monoisotopic (exact) mass is 333 g/mol. The van der Waals surface area contributed by atoms with Gasteiger partial charge in [-0.25, -0.2) is 4.39 Å². The summed E-state index contributed by atoms with van der Waals surface area (Å²) in [5.41, 5.74) is 9.81. The van der Waals surface area contributed by atoms with E-state index in [9.17, 15) is 4.39 Å². The van der Waals surface area contributed by atoms with Gasteiger partial charge in [-0.2, -0.15) is 0 Å². The van der Waals surface area contributed by atoms with E-state index in [4.69, 9.17) is 5.73 Å². The van der Waals surface area contributed by atoms with Gasteiger partial charge in [-0.15, -0.1) is 0 Å². The van der Waals surface area contributed by atoms with Crippen molar-refractivity contribution in [2.24, 2.45) is 11.7 Å². The van der Waals surface area contributed by atoms with Crippen LogP contribution >= 0.6 is 15.9 Å². The van der Waals surface area contributed by atoms with Crippen LogP contribution in [0.5, 0.6) is 0 Å². The first-order valence-corrected chi connectivity index (χ1v) is 7.69. The summed E-state index contributed by atoms with van der Waals surface area (Å²) in [6.45, 7) is 0. The molecule has 0 saturated heterocycles. The average molecular weight is 334 g/mol. The molecule has 0 saturated carbocycles. The lowest BCUT2D eigenvalue weighted by Crippen LogP contribution is -2.33. The highest BCUT2D eigenvalue weighted by Crippen LogP contribution is 2.29. The van der Waals surface area contributed by atoms with Gasteiger partial charge in [-0.1, -0.05) is 40.2 Å². The highest BCUT2D eigenvalue weighted by atomic mass is 79.9. The molecule has 1 aliphatic carbocycles. The van der Waals surface area contributed by atoms with Crippen LogP contribution in [-0.2, 0) is 19.3 Å². The summed E-state index contributed by atoms with van der Waals surface area (Å²) in [7, 11) is 0. The van der Waals surface area contributed by atoms with Crippen molar-refractivity contribution in [3.8, 4) is 0 Å². The Morgan fingerprint density at radius 2 is 1.80 bits per heavy atom. The molecule has 0 aliphatic heterocycles. The van der Waals surface area contributed by atoms with Crippen LogP contribution < -0.4 is 5.73 Å². The van der Waals surface area contributed by atoms with Crippen molar-refractivity contribution in [3.63, 3.8) is 0 Å². The summed E-state index contributed by atoms with van der Waals surface area (Å²) in [5, 5.41) is 0. The second-order valence-electron chi connectivity index (χ2n) is 5.54. The molecule has 2 N–H and O–H groups in total. The standard InChI is InChI=1S/C17H17BrFN/c18-15-5-6-16(19)13(9-15)10-17(20)14-7-11-3-1-2-4-12(11)8-14/h1-6,9,14,17H,7-8,10,20H2. The third kappa shape index (κ3) is 2.79. The lowest BCUT2D eigenvalue weighted by Gasteiger charge is -2.19. The maximum Gasteiger partial charge on any atom is 0.126 e. The van der Waals surface area contributed by atoms with E-state index in [1.165, 1.54) is 17.2 Å². The van der Waals surface area contributed by atoms with Crippen LogP contribution in [0.25, 0.3) is 0 Å². The van der Waals surface area contributed by atoms with E-state index in [1.54, 1.807) is 6.07 Å². The maximum absolute atomic E-state index is 13.8. The van der Waals surface area contributed by atoms with Crippen LogP contribution in [-0.4, -0.2) is 6.04 Å². The molecular formula is C17H17BrFN. The average Bonchev–Trinajstić information content (AvgIpc) is 2.87. The summed E-state index contributed by atoms with van der Waals surface area (Å²) < 4.78 is 14.7. The molecule has 3 heteroatoms. The van der Waals surface area contributed by atoms with E-state index in [2.05, 4.69) is 40.2 Å². The predicted octanol–water partition coefficient (Wildman–Crippen LogP) is 3.87. The van der Waals surface area contributed by atoms with Gasteiger partial charge in [0.05, 0.1) is 0 Å². The number of nitrogens with two attached hydrogens (primary N) is 1. The summed E-state index contributed by atoms with van der Waals surface area (Å²) in [6.07, 6.45) is 2.60. The zero-order chi connectivity index (χ0) is 14.1. The summed E-state index contributed by atoms with van der Waals surface area (Å²) in [5.74, 6) is 0.241. The maximum atomic E-state index is 13.8. The molecular weight excluding hydrogens is 317 g/mol. The van der Waals surface area contributed by atoms with E-state index < -0.39 is 0 Å². The van der Waals surface area contributed by atoms with Crippen molar-refractivity contribution in [1.29, 1.82) is 0 Å². The lowest BCUT2D eigenvalue weighted by atomic mass is 9.92. The number of fused-ring (bicyclic) bond motifs is 1. The molecule has 0 bridgehead atoms. The molecule has 0 amide bonds. The molecule has 20 heavy (non-hydrogen) atoms. The largest absolute Gasteiger partial charge is 0.327 e. The van der Waals surface area contributed by atoms with Gasteiger partial charge in [0.1, 0.15) is 5.82 Å². The zero-order valence-electron chi connectivity index (χ0n) is 11.2. The second kappa shape index (κ2) is 5.66. The van der Waals surface area contributed by atoms with E-state index in [1.807, 2.05) is 6.07 Å². The first-order chi connectivity index (χ1) is 9.63. The molecule has 2 aromatic rings. The SMILES string of the molecule is NC(Cc1cc(Br)ccc1F)C1Cc2ccccc2C1. The summed E-state index contributed by atoms with van der Waals surface area (Å²) in [6, 6.07) is 13.5. The minimum absolute atomic E-state index is 0.00815. The van der Waals surface area contributed by atoms with Crippen LogP contribution in [0.15, 0.2) is 46.9 Å². The molecule has 0 heterocycles. The van der Waals surface area contributed by atoms with Crippen molar-refractivity contribution < 1.29 is 4.39 Å². The predicted molar refractivity (Wildman–Crippen MR) is 83.1 cm³/mol. The molecule has 1 nitrogen and oxygen atoms in total. The Bertz CT molecular complexity index is 601. The topological polar surface area (TPSA) is 26.0 Å². The van der Waals surface area contributed by atoms with Crippen LogP contribution in [0.3, 0.4) is 0 Å². The zero-order valence-corrected chi connectivity index (χ0v) is 12.7. The van der Waals surface area contributed by atoms with Gasteiger partial charge in [0.25, 0.3) is 0 Å². The highest BCUT2D eigenvalue weighted by Gasteiger charge is 2.26. The normalized spacial score (nSPS) is 16.1. The first-order valence-electron chi connectivity index (χ1n) is 6.90. The number of halogens is 2. The van der Waals surface area contributed by atoms with Gasteiger partial charge in [-0.05, 0) is 60.1 Å². The summed E-state index contributed by atoms with van der Waals surface area (Å²) in [4.78, 5) is 0. The fraction of sp³-hybridized carbons (Fsp3) is 0.294. The molecule has 0 fully saturated rings. The van der Waals surface area contributed by atoms with Crippen LogP contribution in [0.1, 0.15) is 16.7 Å². The number of benzene rings is 2. The number of hydrogen-bond donors (Lipinski definition) is 1.